The molecule has 4 aromatic rings. The van der Waals surface area contributed by atoms with Crippen LogP contribution in [0.15, 0.2) is 65.8 Å². The number of likely N-dealkylation sites (tertiary alicyclic amines) is 2. The van der Waals surface area contributed by atoms with E-state index in [1.54, 1.807) is 0 Å². The van der Waals surface area contributed by atoms with E-state index >= 15 is 0 Å². The van der Waals surface area contributed by atoms with Crippen LogP contribution >= 0.6 is 0 Å². The summed E-state index contributed by atoms with van der Waals surface area (Å²) < 4.78 is 10.5. The van der Waals surface area contributed by atoms with Crippen molar-refractivity contribution in [3.8, 4) is 11.1 Å². The standard InChI is InChI=1S/C43H50N6O5/c1-24(2)36(47-41(51)53-6)40(50)49-31-16-13-29(21-31)38(49)39-45-33-18-15-28-20-27(14-17-32(28)37(33)46-39)25-9-11-26(12-10-25)30-22-34(44-23-30)35-8-7-19-48(35)42(52)54-43(3,4)5/h9-12,14-15,17-18,20,23-24,29,31,35-36,38H,7-8,13,16,19,21-22H2,1-6H3,(H,45,46)(H,47,51)/t29-,31+,35-,36-,38-/m0/s1. The summed E-state index contributed by atoms with van der Waals surface area (Å²) in [5, 5.41) is 4.92. The SMILES string of the molecule is COC(=O)N[C@H](C(=O)N1[C@@H]2CC[C@@H](C2)[C@H]1c1nc2c(ccc3cc(-c4ccc(C5=CN=C([C@@H]6CCCN6C(=O)OC(C)(C)C)C5)cc4)ccc32)[nH]1)C(C)C. The Morgan fingerprint density at radius 1 is 0.963 bits per heavy atom. The lowest BCUT2D eigenvalue weighted by Gasteiger charge is -2.37. The van der Waals surface area contributed by atoms with Crippen LogP contribution in [-0.4, -0.2) is 81.0 Å². The summed E-state index contributed by atoms with van der Waals surface area (Å²) in [6.07, 6.45) is 6.61. The number of aromatic amines is 1. The third-order valence-electron chi connectivity index (χ3n) is 11.6. The summed E-state index contributed by atoms with van der Waals surface area (Å²) in [4.78, 5) is 56.4. The molecule has 11 heteroatoms. The number of hydrogen-bond acceptors (Lipinski definition) is 7. The molecule has 1 aromatic heterocycles. The van der Waals surface area contributed by atoms with Crippen molar-refractivity contribution in [1.29, 1.82) is 0 Å². The van der Waals surface area contributed by atoms with Gasteiger partial charge in [-0.25, -0.2) is 14.6 Å². The van der Waals surface area contributed by atoms with Crippen LogP contribution < -0.4 is 5.32 Å². The third-order valence-corrected chi connectivity index (χ3v) is 11.6. The molecule has 3 amide bonds. The van der Waals surface area contributed by atoms with Crippen molar-refractivity contribution in [2.45, 2.75) is 103 Å². The predicted molar refractivity (Wildman–Crippen MR) is 210 cm³/mol. The summed E-state index contributed by atoms with van der Waals surface area (Å²) in [5.41, 5.74) is 6.83. The molecule has 1 saturated carbocycles. The minimum Gasteiger partial charge on any atom is -0.453 e. The Morgan fingerprint density at radius 2 is 1.72 bits per heavy atom. The zero-order valence-corrected chi connectivity index (χ0v) is 32.0. The number of piperidine rings is 1. The van der Waals surface area contributed by atoms with Gasteiger partial charge in [0, 0.05) is 36.3 Å². The fraction of sp³-hybridized carbons (Fsp3) is 0.465. The number of imidazole rings is 1. The lowest BCUT2D eigenvalue weighted by atomic mass is 9.95. The molecular weight excluding hydrogens is 681 g/mol. The number of fused-ring (bicyclic) bond motifs is 5. The number of amides is 3. The highest BCUT2D eigenvalue weighted by Gasteiger charge is 2.51. The van der Waals surface area contributed by atoms with E-state index in [1.165, 1.54) is 7.11 Å². The molecule has 2 saturated heterocycles. The van der Waals surface area contributed by atoms with E-state index in [2.05, 4.69) is 64.9 Å². The number of carbonyl (C=O) groups is 3. The van der Waals surface area contributed by atoms with Gasteiger partial charge in [-0.15, -0.1) is 0 Å². The van der Waals surface area contributed by atoms with Gasteiger partial charge in [-0.2, -0.15) is 0 Å². The summed E-state index contributed by atoms with van der Waals surface area (Å²) in [6, 6.07) is 18.6. The molecule has 4 aliphatic rings. The Labute approximate surface area is 316 Å². The van der Waals surface area contributed by atoms with E-state index in [9.17, 15) is 14.4 Å². The van der Waals surface area contributed by atoms with Crippen LogP contribution in [0.5, 0.6) is 0 Å². The van der Waals surface area contributed by atoms with Gasteiger partial charge in [0.05, 0.1) is 30.2 Å². The van der Waals surface area contributed by atoms with Gasteiger partial charge >= 0.3 is 12.2 Å². The van der Waals surface area contributed by atoms with E-state index in [-0.39, 0.29) is 36.0 Å². The molecule has 0 radical (unpaired) electrons. The van der Waals surface area contributed by atoms with Crippen molar-refractivity contribution >= 4 is 51.2 Å². The second-order valence-corrected chi connectivity index (χ2v) is 16.7. The van der Waals surface area contributed by atoms with Gasteiger partial charge in [0.2, 0.25) is 5.91 Å². The number of alkyl carbamates (subject to hydrolysis) is 1. The maximum atomic E-state index is 14.0. The number of H-pyrrole nitrogens is 1. The minimum absolute atomic E-state index is 0.0233. The van der Waals surface area contributed by atoms with Crippen LogP contribution in [0.2, 0.25) is 0 Å². The van der Waals surface area contributed by atoms with Crippen LogP contribution in [0.3, 0.4) is 0 Å². The van der Waals surface area contributed by atoms with Crippen molar-refractivity contribution in [2.24, 2.45) is 16.8 Å². The summed E-state index contributed by atoms with van der Waals surface area (Å²) in [6.45, 7) is 10.3. The smallest absolute Gasteiger partial charge is 0.410 e. The topological polar surface area (TPSA) is 129 Å². The lowest BCUT2D eigenvalue weighted by Crippen LogP contribution is -2.54. The van der Waals surface area contributed by atoms with Gasteiger partial charge in [0.1, 0.15) is 17.5 Å². The second-order valence-electron chi connectivity index (χ2n) is 16.7. The monoisotopic (exact) mass is 730 g/mol. The maximum Gasteiger partial charge on any atom is 0.410 e. The van der Waals surface area contributed by atoms with Crippen molar-refractivity contribution < 1.29 is 23.9 Å². The molecule has 5 atom stereocenters. The van der Waals surface area contributed by atoms with Crippen LogP contribution in [0.25, 0.3) is 38.5 Å². The average molecular weight is 731 g/mol. The molecule has 3 aliphatic heterocycles. The van der Waals surface area contributed by atoms with Crippen LogP contribution in [0.1, 0.15) is 90.6 Å². The molecule has 3 fully saturated rings. The number of methoxy groups -OCH3 is 1. The maximum absolute atomic E-state index is 14.0. The third kappa shape index (κ3) is 6.62. The fourth-order valence-corrected chi connectivity index (χ4v) is 9.01. The number of carbonyl (C=O) groups excluding carboxylic acids is 3. The number of allylic oxidation sites excluding steroid dienone is 1. The summed E-state index contributed by atoms with van der Waals surface area (Å²) >= 11 is 0. The number of rotatable bonds is 7. The highest BCUT2D eigenvalue weighted by molar-refractivity contribution is 6.06. The Hall–Kier alpha value is -5.19. The van der Waals surface area contributed by atoms with Gasteiger partial charge in [-0.05, 0) is 104 Å². The number of benzene rings is 3. The zero-order valence-electron chi connectivity index (χ0n) is 32.0. The van der Waals surface area contributed by atoms with Gasteiger partial charge in [-0.1, -0.05) is 56.3 Å². The van der Waals surface area contributed by atoms with Crippen molar-refractivity contribution in [2.75, 3.05) is 13.7 Å². The van der Waals surface area contributed by atoms with Crippen LogP contribution in [0, 0.1) is 11.8 Å². The fourth-order valence-electron chi connectivity index (χ4n) is 9.01. The molecule has 11 nitrogen and oxygen atoms in total. The number of ether oxygens (including phenoxy) is 2. The zero-order chi connectivity index (χ0) is 37.9. The van der Waals surface area contributed by atoms with E-state index in [0.717, 1.165) is 94.1 Å². The summed E-state index contributed by atoms with van der Waals surface area (Å²) in [5.74, 6) is 0.948. The van der Waals surface area contributed by atoms with E-state index in [1.807, 2.05) is 50.6 Å². The van der Waals surface area contributed by atoms with Gasteiger partial charge < -0.3 is 24.7 Å². The number of hydrogen-bond donors (Lipinski definition) is 2. The Bertz CT molecular complexity index is 2180. The Balaban J connectivity index is 0.989. The molecule has 282 valence electrons. The molecule has 0 spiro atoms. The van der Waals surface area contributed by atoms with Crippen LogP contribution in [-0.2, 0) is 14.3 Å². The quantitative estimate of drug-likeness (QED) is 0.197. The van der Waals surface area contributed by atoms with Gasteiger partial charge in [0.15, 0.2) is 0 Å². The number of aromatic nitrogens is 2. The molecular formula is C43H50N6O5. The molecule has 1 aliphatic carbocycles. The van der Waals surface area contributed by atoms with Crippen molar-refractivity contribution in [3.63, 3.8) is 0 Å². The lowest BCUT2D eigenvalue weighted by molar-refractivity contribution is -0.139. The average Bonchev–Trinajstić information content (AvgIpc) is 4.00. The number of nitrogens with zero attached hydrogens (tertiary/aromatic N) is 4. The van der Waals surface area contributed by atoms with E-state index in [0.29, 0.717) is 12.5 Å². The molecule has 0 unspecified atom stereocenters. The molecule has 8 rings (SSSR count). The summed E-state index contributed by atoms with van der Waals surface area (Å²) in [7, 11) is 1.32. The first-order valence-electron chi connectivity index (χ1n) is 19.3. The predicted octanol–water partition coefficient (Wildman–Crippen LogP) is 8.40. The van der Waals surface area contributed by atoms with Gasteiger partial charge in [-0.3, -0.25) is 14.7 Å². The van der Waals surface area contributed by atoms with Crippen molar-refractivity contribution in [1.82, 2.24) is 25.1 Å². The Morgan fingerprint density at radius 3 is 2.46 bits per heavy atom. The number of nitrogens with one attached hydrogen (secondary N) is 2. The molecule has 3 aromatic carbocycles. The van der Waals surface area contributed by atoms with Crippen molar-refractivity contribution in [3.05, 3.63) is 72.2 Å². The molecule has 54 heavy (non-hydrogen) atoms. The first-order valence-corrected chi connectivity index (χ1v) is 19.3. The Kier molecular flexibility index (Phi) is 9.22. The normalized spacial score (nSPS) is 22.9. The first kappa shape index (κ1) is 35.8. The van der Waals surface area contributed by atoms with E-state index in [4.69, 9.17) is 19.5 Å². The van der Waals surface area contributed by atoms with E-state index < -0.39 is 17.7 Å². The second kappa shape index (κ2) is 13.9. The largest absolute Gasteiger partial charge is 0.453 e. The molecule has 2 N–H and O–H groups in total. The highest BCUT2D eigenvalue weighted by atomic mass is 16.6. The highest BCUT2D eigenvalue weighted by Crippen LogP contribution is 2.50. The first-order chi connectivity index (χ1) is 25.9. The molecule has 4 heterocycles. The van der Waals surface area contributed by atoms with Crippen LogP contribution in [0.4, 0.5) is 9.59 Å². The minimum atomic E-state index is -0.675. The number of aliphatic imine (C=N–C) groups is 1. The van der Waals surface area contributed by atoms with Gasteiger partial charge in [0.25, 0.3) is 0 Å². The molecule has 2 bridgehead atoms.